The molecule has 5 heteroatoms. The standard InChI is InChI=1S/C12H24ClNO2S/c1-2-17(15,16)9-5-8-14-11-12(10-13)6-3-4-7-12/h14H,2-11H2,1H3. The zero-order chi connectivity index (χ0) is 12.8. The van der Waals surface area contributed by atoms with Crippen LogP contribution in [0.3, 0.4) is 0 Å². The molecule has 0 atom stereocenters. The highest BCUT2D eigenvalue weighted by molar-refractivity contribution is 7.91. The quantitative estimate of drug-likeness (QED) is 0.548. The van der Waals surface area contributed by atoms with E-state index in [1.807, 2.05) is 0 Å². The van der Waals surface area contributed by atoms with E-state index in [1.165, 1.54) is 25.7 Å². The molecule has 0 aliphatic heterocycles. The first kappa shape index (κ1) is 15.3. The highest BCUT2D eigenvalue weighted by Gasteiger charge is 2.32. The van der Waals surface area contributed by atoms with Crippen molar-refractivity contribution in [1.29, 1.82) is 0 Å². The molecule has 0 saturated heterocycles. The summed E-state index contributed by atoms with van der Waals surface area (Å²) in [4.78, 5) is 0. The molecule has 0 unspecified atom stereocenters. The normalized spacial score (nSPS) is 19.6. The Morgan fingerprint density at radius 3 is 2.47 bits per heavy atom. The van der Waals surface area contributed by atoms with Crippen molar-refractivity contribution in [2.45, 2.75) is 39.0 Å². The van der Waals surface area contributed by atoms with Crippen molar-refractivity contribution < 1.29 is 8.42 Å². The molecule has 3 nitrogen and oxygen atoms in total. The van der Waals surface area contributed by atoms with Crippen LogP contribution in [0, 0.1) is 5.41 Å². The summed E-state index contributed by atoms with van der Waals surface area (Å²) in [6, 6.07) is 0. The largest absolute Gasteiger partial charge is 0.316 e. The molecule has 0 aromatic carbocycles. The average molecular weight is 282 g/mol. The Labute approximate surface area is 110 Å². The van der Waals surface area contributed by atoms with Crippen LogP contribution in [0.25, 0.3) is 0 Å². The fourth-order valence-electron chi connectivity index (χ4n) is 2.40. The molecular formula is C12H24ClNO2S. The van der Waals surface area contributed by atoms with E-state index in [2.05, 4.69) is 5.32 Å². The summed E-state index contributed by atoms with van der Waals surface area (Å²) in [5.41, 5.74) is 0.269. The third-order valence-electron chi connectivity index (χ3n) is 3.70. The van der Waals surface area contributed by atoms with Crippen LogP contribution >= 0.6 is 11.6 Å². The van der Waals surface area contributed by atoms with Crippen LogP contribution in [0.4, 0.5) is 0 Å². The topological polar surface area (TPSA) is 46.2 Å². The fraction of sp³-hybridized carbons (Fsp3) is 1.00. The second-order valence-corrected chi connectivity index (χ2v) is 7.85. The van der Waals surface area contributed by atoms with Gasteiger partial charge in [0.15, 0.2) is 0 Å². The van der Waals surface area contributed by atoms with Crippen LogP contribution in [0.1, 0.15) is 39.0 Å². The van der Waals surface area contributed by atoms with Gasteiger partial charge in [0.1, 0.15) is 9.84 Å². The average Bonchev–Trinajstić information content (AvgIpc) is 2.78. The molecule has 0 heterocycles. The van der Waals surface area contributed by atoms with E-state index in [9.17, 15) is 8.42 Å². The van der Waals surface area contributed by atoms with Crippen molar-refractivity contribution in [3.63, 3.8) is 0 Å². The third kappa shape index (κ3) is 5.14. The minimum absolute atomic E-state index is 0.249. The van der Waals surface area contributed by atoms with Gasteiger partial charge in [0.25, 0.3) is 0 Å². The summed E-state index contributed by atoms with van der Waals surface area (Å²) in [5.74, 6) is 1.26. The zero-order valence-corrected chi connectivity index (χ0v) is 12.2. The van der Waals surface area contributed by atoms with E-state index < -0.39 is 9.84 Å². The van der Waals surface area contributed by atoms with Gasteiger partial charge in [-0.1, -0.05) is 19.8 Å². The lowest BCUT2D eigenvalue weighted by Crippen LogP contribution is -2.34. The lowest BCUT2D eigenvalue weighted by Gasteiger charge is -2.26. The molecule has 0 radical (unpaired) electrons. The Balaban J connectivity index is 2.15. The highest BCUT2D eigenvalue weighted by Crippen LogP contribution is 2.38. The fourth-order valence-corrected chi connectivity index (χ4v) is 3.63. The van der Waals surface area contributed by atoms with E-state index >= 15 is 0 Å². The molecule has 1 saturated carbocycles. The van der Waals surface area contributed by atoms with Crippen molar-refractivity contribution >= 4 is 21.4 Å². The number of rotatable bonds is 8. The first-order chi connectivity index (χ1) is 8.04. The van der Waals surface area contributed by atoms with Gasteiger partial charge < -0.3 is 5.32 Å². The molecule has 0 aromatic rings. The van der Waals surface area contributed by atoms with E-state index in [0.29, 0.717) is 18.1 Å². The van der Waals surface area contributed by atoms with Gasteiger partial charge in [0.05, 0.1) is 5.75 Å². The summed E-state index contributed by atoms with van der Waals surface area (Å²) in [6.45, 7) is 3.41. The molecule has 0 aromatic heterocycles. The summed E-state index contributed by atoms with van der Waals surface area (Å²) in [6.07, 6.45) is 5.67. The summed E-state index contributed by atoms with van der Waals surface area (Å²) < 4.78 is 22.6. The lowest BCUT2D eigenvalue weighted by molar-refractivity contribution is 0.322. The van der Waals surface area contributed by atoms with Gasteiger partial charge in [-0.15, -0.1) is 11.6 Å². The molecule has 0 spiro atoms. The second-order valence-electron chi connectivity index (χ2n) is 5.11. The van der Waals surface area contributed by atoms with Gasteiger partial charge in [0.2, 0.25) is 0 Å². The third-order valence-corrected chi connectivity index (χ3v) is 6.05. The van der Waals surface area contributed by atoms with Crippen LogP contribution < -0.4 is 5.32 Å². The zero-order valence-electron chi connectivity index (χ0n) is 10.7. The Kier molecular flexibility index (Phi) is 6.24. The maximum Gasteiger partial charge on any atom is 0.150 e. The smallest absolute Gasteiger partial charge is 0.150 e. The number of alkyl halides is 1. The molecule has 0 amide bonds. The molecule has 1 N–H and O–H groups in total. The predicted octanol–water partition coefficient (Wildman–Crippen LogP) is 2.20. The van der Waals surface area contributed by atoms with E-state index in [1.54, 1.807) is 6.92 Å². The highest BCUT2D eigenvalue weighted by atomic mass is 35.5. The van der Waals surface area contributed by atoms with Gasteiger partial charge >= 0.3 is 0 Å². The summed E-state index contributed by atoms with van der Waals surface area (Å²) in [7, 11) is -2.81. The van der Waals surface area contributed by atoms with Crippen LogP contribution in [0.15, 0.2) is 0 Å². The molecule has 1 aliphatic rings. The van der Waals surface area contributed by atoms with Crippen LogP contribution in [-0.4, -0.2) is 38.9 Å². The SMILES string of the molecule is CCS(=O)(=O)CCCNCC1(CCl)CCCC1. The Hall–Kier alpha value is 0.200. The second kappa shape index (κ2) is 6.95. The van der Waals surface area contributed by atoms with Crippen molar-refractivity contribution in [3.05, 3.63) is 0 Å². The molecule has 17 heavy (non-hydrogen) atoms. The maximum atomic E-state index is 11.3. The predicted molar refractivity (Wildman–Crippen MR) is 73.4 cm³/mol. The Morgan fingerprint density at radius 1 is 1.29 bits per heavy atom. The van der Waals surface area contributed by atoms with E-state index in [-0.39, 0.29) is 11.2 Å². The van der Waals surface area contributed by atoms with Gasteiger partial charge in [-0.05, 0) is 31.2 Å². The molecule has 1 aliphatic carbocycles. The molecule has 1 rings (SSSR count). The van der Waals surface area contributed by atoms with Gasteiger partial charge in [-0.3, -0.25) is 0 Å². The number of nitrogens with one attached hydrogen (secondary N) is 1. The number of hydrogen-bond donors (Lipinski definition) is 1. The molecule has 1 fully saturated rings. The minimum Gasteiger partial charge on any atom is -0.316 e. The number of hydrogen-bond acceptors (Lipinski definition) is 3. The first-order valence-electron chi connectivity index (χ1n) is 6.51. The van der Waals surface area contributed by atoms with Crippen LogP contribution in [-0.2, 0) is 9.84 Å². The monoisotopic (exact) mass is 281 g/mol. The van der Waals surface area contributed by atoms with E-state index in [0.717, 1.165) is 13.1 Å². The Morgan fingerprint density at radius 2 is 1.94 bits per heavy atom. The van der Waals surface area contributed by atoms with Gasteiger partial charge in [0, 0.05) is 18.2 Å². The van der Waals surface area contributed by atoms with Crippen molar-refractivity contribution in [2.24, 2.45) is 5.41 Å². The van der Waals surface area contributed by atoms with Crippen LogP contribution in [0.2, 0.25) is 0 Å². The van der Waals surface area contributed by atoms with Crippen molar-refractivity contribution in [3.8, 4) is 0 Å². The first-order valence-corrected chi connectivity index (χ1v) is 8.86. The number of sulfone groups is 1. The summed E-state index contributed by atoms with van der Waals surface area (Å²) >= 11 is 6.04. The molecular weight excluding hydrogens is 258 g/mol. The summed E-state index contributed by atoms with van der Waals surface area (Å²) in [5, 5.41) is 3.37. The van der Waals surface area contributed by atoms with Crippen molar-refractivity contribution in [1.82, 2.24) is 5.32 Å². The maximum absolute atomic E-state index is 11.3. The lowest BCUT2D eigenvalue weighted by atomic mass is 9.88. The van der Waals surface area contributed by atoms with E-state index in [4.69, 9.17) is 11.6 Å². The van der Waals surface area contributed by atoms with Gasteiger partial charge in [-0.2, -0.15) is 0 Å². The van der Waals surface area contributed by atoms with Gasteiger partial charge in [-0.25, -0.2) is 8.42 Å². The number of halogens is 1. The minimum atomic E-state index is -2.81. The molecule has 102 valence electrons. The molecule has 0 bridgehead atoms. The Bertz CT molecular complexity index is 310. The van der Waals surface area contributed by atoms with Crippen LogP contribution in [0.5, 0.6) is 0 Å². The van der Waals surface area contributed by atoms with Crippen molar-refractivity contribution in [2.75, 3.05) is 30.5 Å².